The zero-order valence-corrected chi connectivity index (χ0v) is 8.32. The average molecular weight is 211 g/mol. The molecule has 1 aromatic carbocycles. The van der Waals surface area contributed by atoms with Crippen molar-refractivity contribution in [2.75, 3.05) is 0 Å². The van der Waals surface area contributed by atoms with Crippen LogP contribution in [0.25, 0.3) is 0 Å². The van der Waals surface area contributed by atoms with Gasteiger partial charge in [0.1, 0.15) is 0 Å². The van der Waals surface area contributed by atoms with Gasteiger partial charge in [0.2, 0.25) is 0 Å². The van der Waals surface area contributed by atoms with Crippen molar-refractivity contribution in [1.29, 1.82) is 5.26 Å². The second-order valence-corrected chi connectivity index (χ2v) is 4.62. The largest absolute Gasteiger partial charge is 0.329 e. The number of rotatable bonds is 3. The molecule has 0 aliphatic carbocycles. The maximum absolute atomic E-state index is 10.7. The van der Waals surface area contributed by atoms with E-state index in [-0.39, 0.29) is 6.16 Å². The third-order valence-corrected chi connectivity index (χ3v) is 2.47. The molecule has 1 aromatic rings. The van der Waals surface area contributed by atoms with Crippen LogP contribution in [0.5, 0.6) is 0 Å². The van der Waals surface area contributed by atoms with E-state index in [0.717, 1.165) is 5.56 Å². The van der Waals surface area contributed by atoms with E-state index in [0.29, 0.717) is 12.0 Å². The van der Waals surface area contributed by atoms with Crippen molar-refractivity contribution in [3.63, 3.8) is 0 Å². The molecule has 0 fully saturated rings. The Hall–Kier alpha value is -1.14. The Balaban J connectivity index is 2.75. The molecule has 1 rings (SSSR count). The summed E-state index contributed by atoms with van der Waals surface area (Å²) < 4.78 is 10.7. The molecule has 74 valence electrons. The van der Waals surface area contributed by atoms with Gasteiger partial charge in [-0.1, -0.05) is 24.3 Å². The first-order valence-electron chi connectivity index (χ1n) is 4.00. The molecule has 0 amide bonds. The van der Waals surface area contributed by atoms with Crippen LogP contribution < -0.4 is 0 Å². The molecule has 5 heteroatoms. The second-order valence-electron chi connectivity index (χ2n) is 2.97. The van der Waals surface area contributed by atoms with Gasteiger partial charge in [0.15, 0.2) is 0 Å². The third-order valence-electron chi connectivity index (χ3n) is 1.69. The Labute approximate surface area is 82.0 Å². The van der Waals surface area contributed by atoms with Gasteiger partial charge in [-0.2, -0.15) is 5.26 Å². The molecule has 14 heavy (non-hydrogen) atoms. The van der Waals surface area contributed by atoms with Gasteiger partial charge in [0.05, 0.1) is 18.7 Å². The predicted molar refractivity (Wildman–Crippen MR) is 51.5 cm³/mol. The van der Waals surface area contributed by atoms with Gasteiger partial charge in [-0.25, -0.2) is 0 Å². The van der Waals surface area contributed by atoms with E-state index in [1.807, 2.05) is 6.07 Å². The van der Waals surface area contributed by atoms with Gasteiger partial charge in [-0.3, -0.25) is 4.57 Å². The van der Waals surface area contributed by atoms with Crippen LogP contribution in [-0.4, -0.2) is 9.79 Å². The van der Waals surface area contributed by atoms with Crippen molar-refractivity contribution < 1.29 is 14.4 Å². The molecular formula is C9H10NO3P. The highest BCUT2D eigenvalue weighted by atomic mass is 31.2. The zero-order chi connectivity index (χ0) is 10.6. The summed E-state index contributed by atoms with van der Waals surface area (Å²) >= 11 is 0. The molecule has 0 saturated carbocycles. The molecular weight excluding hydrogens is 201 g/mol. The van der Waals surface area contributed by atoms with E-state index in [1.165, 1.54) is 0 Å². The normalized spacial score (nSPS) is 10.9. The smallest absolute Gasteiger partial charge is 0.324 e. The maximum Gasteiger partial charge on any atom is 0.329 e. The van der Waals surface area contributed by atoms with Crippen molar-refractivity contribution >= 4 is 7.60 Å². The Morgan fingerprint density at radius 2 is 1.71 bits per heavy atom. The molecule has 0 heterocycles. The molecule has 0 bridgehead atoms. The zero-order valence-electron chi connectivity index (χ0n) is 7.42. The predicted octanol–water partition coefficient (Wildman–Crippen LogP) is 1.43. The van der Waals surface area contributed by atoms with Crippen molar-refractivity contribution in [3.8, 4) is 6.07 Å². The summed E-state index contributed by atoms with van der Waals surface area (Å²) in [7, 11) is -3.98. The number of hydrogen-bond acceptors (Lipinski definition) is 2. The van der Waals surface area contributed by atoms with E-state index in [9.17, 15) is 4.57 Å². The van der Waals surface area contributed by atoms with Crippen LogP contribution in [-0.2, 0) is 17.1 Å². The standard InChI is InChI=1S/C9H10NO3P/c10-6-5-8-1-3-9(4-2-8)7-14(11,12)13/h1-4H,5,7H2,(H2,11,12,13). The Bertz CT molecular complexity index is 388. The Morgan fingerprint density at radius 3 is 2.14 bits per heavy atom. The van der Waals surface area contributed by atoms with E-state index in [2.05, 4.69) is 0 Å². The lowest BCUT2D eigenvalue weighted by atomic mass is 10.1. The van der Waals surface area contributed by atoms with Crippen LogP contribution in [0, 0.1) is 11.3 Å². The summed E-state index contributed by atoms with van der Waals surface area (Å²) in [6.45, 7) is 0. The van der Waals surface area contributed by atoms with E-state index in [1.54, 1.807) is 24.3 Å². The SMILES string of the molecule is N#CCc1ccc(CP(=O)(O)O)cc1. The molecule has 4 nitrogen and oxygen atoms in total. The fraction of sp³-hybridized carbons (Fsp3) is 0.222. The minimum atomic E-state index is -3.98. The minimum absolute atomic E-state index is 0.250. The number of hydrogen-bond donors (Lipinski definition) is 2. The first-order valence-corrected chi connectivity index (χ1v) is 5.80. The molecule has 0 aliphatic rings. The van der Waals surface area contributed by atoms with Gasteiger partial charge in [-0.05, 0) is 11.1 Å². The molecule has 0 aromatic heterocycles. The summed E-state index contributed by atoms with van der Waals surface area (Å²) in [6, 6.07) is 8.66. The van der Waals surface area contributed by atoms with Crippen molar-refractivity contribution in [2.24, 2.45) is 0 Å². The summed E-state index contributed by atoms with van der Waals surface area (Å²) in [5, 5.41) is 8.40. The fourth-order valence-electron chi connectivity index (χ4n) is 1.09. The lowest BCUT2D eigenvalue weighted by Gasteiger charge is -2.03. The van der Waals surface area contributed by atoms with Gasteiger partial charge < -0.3 is 9.79 Å². The number of benzene rings is 1. The van der Waals surface area contributed by atoms with Gasteiger partial charge in [0, 0.05) is 0 Å². The highest BCUT2D eigenvalue weighted by molar-refractivity contribution is 7.50. The molecule has 0 atom stereocenters. The lowest BCUT2D eigenvalue weighted by Crippen LogP contribution is -1.88. The third kappa shape index (κ3) is 3.71. The molecule has 0 aliphatic heterocycles. The summed E-state index contributed by atoms with van der Waals surface area (Å²) in [5.41, 5.74) is 1.43. The summed E-state index contributed by atoms with van der Waals surface area (Å²) in [5.74, 6) is 0. The first kappa shape index (κ1) is 10.9. The van der Waals surface area contributed by atoms with Gasteiger partial charge >= 0.3 is 7.60 Å². The van der Waals surface area contributed by atoms with Crippen LogP contribution >= 0.6 is 7.60 Å². The summed E-state index contributed by atoms with van der Waals surface area (Å²) in [6.07, 6.45) is 0.0655. The van der Waals surface area contributed by atoms with Crippen molar-refractivity contribution in [1.82, 2.24) is 0 Å². The number of nitriles is 1. The molecule has 0 spiro atoms. The van der Waals surface area contributed by atoms with Crippen LogP contribution in [0.3, 0.4) is 0 Å². The van der Waals surface area contributed by atoms with E-state index >= 15 is 0 Å². The molecule has 0 radical (unpaired) electrons. The van der Waals surface area contributed by atoms with Crippen LogP contribution in [0.1, 0.15) is 11.1 Å². The second kappa shape index (κ2) is 4.39. The molecule has 2 N–H and O–H groups in total. The lowest BCUT2D eigenvalue weighted by molar-refractivity contribution is 0.371. The molecule has 0 unspecified atom stereocenters. The van der Waals surface area contributed by atoms with Crippen LogP contribution in [0.15, 0.2) is 24.3 Å². The topological polar surface area (TPSA) is 81.3 Å². The Kier molecular flexibility index (Phi) is 3.43. The van der Waals surface area contributed by atoms with E-state index in [4.69, 9.17) is 15.0 Å². The van der Waals surface area contributed by atoms with Crippen LogP contribution in [0.2, 0.25) is 0 Å². The van der Waals surface area contributed by atoms with Crippen molar-refractivity contribution in [2.45, 2.75) is 12.6 Å². The molecule has 0 saturated heterocycles. The minimum Gasteiger partial charge on any atom is -0.324 e. The number of nitrogens with zero attached hydrogens (tertiary/aromatic N) is 1. The monoisotopic (exact) mass is 211 g/mol. The highest BCUT2D eigenvalue weighted by Crippen LogP contribution is 2.38. The quantitative estimate of drug-likeness (QED) is 0.741. The average Bonchev–Trinajstić information content (AvgIpc) is 2.06. The van der Waals surface area contributed by atoms with Crippen LogP contribution in [0.4, 0.5) is 0 Å². The van der Waals surface area contributed by atoms with Crippen molar-refractivity contribution in [3.05, 3.63) is 35.4 Å². The fourth-order valence-corrected chi connectivity index (χ4v) is 1.78. The first-order chi connectivity index (χ1) is 6.51. The van der Waals surface area contributed by atoms with Gasteiger partial charge in [0.25, 0.3) is 0 Å². The highest BCUT2D eigenvalue weighted by Gasteiger charge is 2.13. The Morgan fingerprint density at radius 1 is 1.21 bits per heavy atom. The van der Waals surface area contributed by atoms with Gasteiger partial charge in [-0.15, -0.1) is 0 Å². The summed E-state index contributed by atoms with van der Waals surface area (Å²) in [4.78, 5) is 17.4. The maximum atomic E-state index is 10.7. The van der Waals surface area contributed by atoms with E-state index < -0.39 is 7.60 Å².